The predicted octanol–water partition coefficient (Wildman–Crippen LogP) is 2.85. The summed E-state index contributed by atoms with van der Waals surface area (Å²) in [5.74, 6) is 0. The second kappa shape index (κ2) is 5.87. The lowest BCUT2D eigenvalue weighted by atomic mass is 9.99. The number of hydrogen-bond acceptors (Lipinski definition) is 3. The molecule has 0 aliphatic carbocycles. The molecule has 0 heterocycles. The molecule has 21 heavy (non-hydrogen) atoms. The molecule has 5 heteroatoms. The first-order valence-electron chi connectivity index (χ1n) is 6.82. The van der Waals surface area contributed by atoms with E-state index in [1.165, 1.54) is 0 Å². The van der Waals surface area contributed by atoms with Crippen molar-refractivity contribution < 1.29 is 8.42 Å². The number of nitrogens with one attached hydrogen (secondary N) is 1. The standard InChI is InChI=1S/C16H20N2O2S/c1-4-18-21(19,20)14-7-8-15(12(3)9-14)13-6-5-11(2)16(17)10-13/h5-10,18H,4,17H2,1-3H3. The average Bonchev–Trinajstić information content (AvgIpc) is 2.42. The lowest BCUT2D eigenvalue weighted by Crippen LogP contribution is -2.23. The second-order valence-electron chi connectivity index (χ2n) is 5.05. The minimum Gasteiger partial charge on any atom is -0.398 e. The predicted molar refractivity (Wildman–Crippen MR) is 86.6 cm³/mol. The summed E-state index contributed by atoms with van der Waals surface area (Å²) in [6.45, 7) is 5.99. The van der Waals surface area contributed by atoms with Gasteiger partial charge in [0.2, 0.25) is 10.0 Å². The summed E-state index contributed by atoms with van der Waals surface area (Å²) in [4.78, 5) is 0.283. The Kier molecular flexibility index (Phi) is 4.34. The van der Waals surface area contributed by atoms with Crippen LogP contribution in [0.1, 0.15) is 18.1 Å². The first-order valence-corrected chi connectivity index (χ1v) is 8.30. The monoisotopic (exact) mass is 304 g/mol. The van der Waals surface area contributed by atoms with Crippen LogP contribution in [0, 0.1) is 13.8 Å². The van der Waals surface area contributed by atoms with Crippen molar-refractivity contribution in [1.82, 2.24) is 4.72 Å². The molecule has 2 aromatic carbocycles. The van der Waals surface area contributed by atoms with Gasteiger partial charge < -0.3 is 5.73 Å². The molecule has 0 atom stereocenters. The normalized spacial score (nSPS) is 11.6. The van der Waals surface area contributed by atoms with Gasteiger partial charge in [-0.2, -0.15) is 0 Å². The van der Waals surface area contributed by atoms with E-state index in [0.29, 0.717) is 6.54 Å². The Balaban J connectivity index is 2.47. The van der Waals surface area contributed by atoms with E-state index in [-0.39, 0.29) is 4.90 Å². The van der Waals surface area contributed by atoms with E-state index in [1.807, 2.05) is 38.1 Å². The summed E-state index contributed by atoms with van der Waals surface area (Å²) >= 11 is 0. The van der Waals surface area contributed by atoms with Gasteiger partial charge in [-0.3, -0.25) is 0 Å². The van der Waals surface area contributed by atoms with Crippen LogP contribution >= 0.6 is 0 Å². The van der Waals surface area contributed by atoms with Crippen molar-refractivity contribution in [3.63, 3.8) is 0 Å². The quantitative estimate of drug-likeness (QED) is 0.853. The van der Waals surface area contributed by atoms with Crippen LogP contribution in [0.2, 0.25) is 0 Å². The first kappa shape index (κ1) is 15.5. The number of hydrogen-bond donors (Lipinski definition) is 2. The maximum Gasteiger partial charge on any atom is 0.240 e. The molecule has 4 nitrogen and oxygen atoms in total. The Bertz CT molecular complexity index is 768. The minimum absolute atomic E-state index is 0.283. The van der Waals surface area contributed by atoms with Crippen molar-refractivity contribution in [3.05, 3.63) is 47.5 Å². The maximum atomic E-state index is 12.0. The van der Waals surface area contributed by atoms with Gasteiger partial charge in [0.25, 0.3) is 0 Å². The summed E-state index contributed by atoms with van der Waals surface area (Å²) in [6, 6.07) is 11.0. The fourth-order valence-electron chi connectivity index (χ4n) is 2.21. The Morgan fingerprint density at radius 2 is 1.76 bits per heavy atom. The first-order chi connectivity index (χ1) is 9.85. The fraction of sp³-hybridized carbons (Fsp3) is 0.250. The molecule has 112 valence electrons. The number of sulfonamides is 1. The van der Waals surface area contributed by atoms with E-state index >= 15 is 0 Å². The van der Waals surface area contributed by atoms with Gasteiger partial charge in [-0.25, -0.2) is 13.1 Å². The van der Waals surface area contributed by atoms with Crippen LogP contribution < -0.4 is 10.5 Å². The summed E-state index contributed by atoms with van der Waals surface area (Å²) in [5.41, 5.74) is 10.6. The smallest absolute Gasteiger partial charge is 0.240 e. The van der Waals surface area contributed by atoms with Gasteiger partial charge in [-0.1, -0.05) is 25.1 Å². The third kappa shape index (κ3) is 3.25. The summed E-state index contributed by atoms with van der Waals surface area (Å²) in [7, 11) is -3.42. The molecule has 0 amide bonds. The van der Waals surface area contributed by atoms with Gasteiger partial charge in [0, 0.05) is 12.2 Å². The number of benzene rings is 2. The van der Waals surface area contributed by atoms with E-state index in [0.717, 1.165) is 27.9 Å². The largest absolute Gasteiger partial charge is 0.398 e. The minimum atomic E-state index is -3.42. The molecule has 0 spiro atoms. The number of anilines is 1. The molecule has 0 bridgehead atoms. The zero-order valence-corrected chi connectivity index (χ0v) is 13.3. The van der Waals surface area contributed by atoms with E-state index in [4.69, 9.17) is 5.73 Å². The van der Waals surface area contributed by atoms with Crippen molar-refractivity contribution in [2.24, 2.45) is 0 Å². The molecule has 0 unspecified atom stereocenters. The van der Waals surface area contributed by atoms with Crippen LogP contribution in [0.3, 0.4) is 0 Å². The van der Waals surface area contributed by atoms with Gasteiger partial charge in [0.15, 0.2) is 0 Å². The second-order valence-corrected chi connectivity index (χ2v) is 6.82. The van der Waals surface area contributed by atoms with Crippen LogP contribution in [0.15, 0.2) is 41.3 Å². The third-order valence-corrected chi connectivity index (χ3v) is 4.98. The van der Waals surface area contributed by atoms with E-state index < -0.39 is 10.0 Å². The third-order valence-electron chi connectivity index (χ3n) is 3.43. The van der Waals surface area contributed by atoms with Crippen LogP contribution in [-0.2, 0) is 10.0 Å². The Labute approximate surface area is 126 Å². The van der Waals surface area contributed by atoms with Crippen LogP contribution in [-0.4, -0.2) is 15.0 Å². The molecule has 0 aromatic heterocycles. The van der Waals surface area contributed by atoms with Gasteiger partial charge in [0.05, 0.1) is 4.90 Å². The summed E-state index contributed by atoms with van der Waals surface area (Å²) in [6.07, 6.45) is 0. The van der Waals surface area contributed by atoms with E-state index in [2.05, 4.69) is 4.72 Å². The van der Waals surface area contributed by atoms with Crippen molar-refractivity contribution >= 4 is 15.7 Å². The molecule has 3 N–H and O–H groups in total. The number of nitrogen functional groups attached to an aromatic ring is 1. The molecule has 2 aromatic rings. The zero-order valence-electron chi connectivity index (χ0n) is 12.5. The van der Waals surface area contributed by atoms with Crippen LogP contribution in [0.25, 0.3) is 11.1 Å². The topological polar surface area (TPSA) is 72.2 Å². The number of aryl methyl sites for hydroxylation is 2. The number of rotatable bonds is 4. The Hall–Kier alpha value is -1.85. The lowest BCUT2D eigenvalue weighted by molar-refractivity contribution is 0.584. The van der Waals surface area contributed by atoms with Crippen molar-refractivity contribution in [2.45, 2.75) is 25.7 Å². The highest BCUT2D eigenvalue weighted by molar-refractivity contribution is 7.89. The highest BCUT2D eigenvalue weighted by atomic mass is 32.2. The van der Waals surface area contributed by atoms with E-state index in [1.54, 1.807) is 19.1 Å². The van der Waals surface area contributed by atoms with Gasteiger partial charge in [-0.05, 0) is 54.3 Å². The van der Waals surface area contributed by atoms with Crippen LogP contribution in [0.4, 0.5) is 5.69 Å². The lowest BCUT2D eigenvalue weighted by Gasteiger charge is -2.11. The average molecular weight is 304 g/mol. The van der Waals surface area contributed by atoms with Crippen molar-refractivity contribution in [1.29, 1.82) is 0 Å². The van der Waals surface area contributed by atoms with Crippen molar-refractivity contribution in [3.8, 4) is 11.1 Å². The summed E-state index contributed by atoms with van der Waals surface area (Å²) < 4.78 is 26.5. The Morgan fingerprint density at radius 3 is 2.33 bits per heavy atom. The zero-order chi connectivity index (χ0) is 15.6. The highest BCUT2D eigenvalue weighted by Gasteiger charge is 2.14. The molecular weight excluding hydrogens is 284 g/mol. The van der Waals surface area contributed by atoms with Gasteiger partial charge in [-0.15, -0.1) is 0 Å². The molecule has 0 saturated carbocycles. The highest BCUT2D eigenvalue weighted by Crippen LogP contribution is 2.28. The SMILES string of the molecule is CCNS(=O)(=O)c1ccc(-c2ccc(C)c(N)c2)c(C)c1. The Morgan fingerprint density at radius 1 is 1.05 bits per heavy atom. The molecule has 0 fully saturated rings. The van der Waals surface area contributed by atoms with Gasteiger partial charge in [0.1, 0.15) is 0 Å². The molecular formula is C16H20N2O2S. The van der Waals surface area contributed by atoms with Crippen molar-refractivity contribution in [2.75, 3.05) is 12.3 Å². The molecule has 0 radical (unpaired) electrons. The molecule has 0 saturated heterocycles. The maximum absolute atomic E-state index is 12.0. The van der Waals surface area contributed by atoms with E-state index in [9.17, 15) is 8.42 Å². The van der Waals surface area contributed by atoms with Gasteiger partial charge >= 0.3 is 0 Å². The molecule has 0 aliphatic rings. The fourth-order valence-corrected chi connectivity index (χ4v) is 3.33. The molecule has 2 rings (SSSR count). The molecule has 0 aliphatic heterocycles. The number of nitrogens with two attached hydrogens (primary N) is 1. The van der Waals surface area contributed by atoms with Crippen LogP contribution in [0.5, 0.6) is 0 Å². The summed E-state index contributed by atoms with van der Waals surface area (Å²) in [5, 5.41) is 0.